The number of urea groups is 1. The van der Waals surface area contributed by atoms with E-state index < -0.39 is 23.3 Å². The molecule has 0 aliphatic carbocycles. The molecule has 1 N–H and O–H groups in total. The highest BCUT2D eigenvalue weighted by Gasteiger charge is 2.52. The topological polar surface area (TPSA) is 66.5 Å². The number of carbonyl (C=O) groups is 3. The first kappa shape index (κ1) is 15.5. The van der Waals surface area contributed by atoms with Gasteiger partial charge in [0, 0.05) is 5.02 Å². The normalized spacial score (nSPS) is 17.9. The Morgan fingerprint density at radius 1 is 1.19 bits per heavy atom. The summed E-state index contributed by atoms with van der Waals surface area (Å²) >= 11 is 5.96. The predicted molar refractivity (Wildman–Crippen MR) is 80.2 cm³/mol. The van der Waals surface area contributed by atoms with Crippen LogP contribution in [0.3, 0.4) is 0 Å². The fourth-order valence-electron chi connectivity index (χ4n) is 2.59. The highest BCUT2D eigenvalue weighted by atomic mass is 35.5. The highest BCUT2D eigenvalue weighted by Crippen LogP contribution is 2.36. The lowest BCUT2D eigenvalue weighted by Gasteiger charge is -2.38. The number of hydrogen-bond donors (Lipinski definition) is 1. The first-order valence-electron chi connectivity index (χ1n) is 6.83. The minimum atomic E-state index is -1.21. The van der Waals surface area contributed by atoms with Gasteiger partial charge in [-0.05, 0) is 37.5 Å². The van der Waals surface area contributed by atoms with Crippen LogP contribution >= 0.6 is 11.6 Å². The van der Waals surface area contributed by atoms with Crippen molar-refractivity contribution in [2.75, 3.05) is 4.90 Å². The number of carbonyl (C=O) groups excluding carboxylic acids is 3. The molecule has 2 rings (SSSR count). The number of nitrogens with zero attached hydrogens (tertiary/aromatic N) is 1. The average molecular weight is 309 g/mol. The fraction of sp³-hybridized carbons (Fsp3) is 0.400. The standard InChI is InChI=1S/C15H17ClN2O3/c1-4-15(5-2)12(19)17-14(21)18(13(15)20)11-8-10(16)7-6-9(11)3/h6-8H,4-5H2,1-3H3,(H,17,19,21). The molecular formula is C15H17ClN2O3. The highest BCUT2D eigenvalue weighted by molar-refractivity contribution is 6.32. The van der Waals surface area contributed by atoms with Crippen LogP contribution in [-0.2, 0) is 9.59 Å². The number of aryl methyl sites for hydroxylation is 1. The molecule has 21 heavy (non-hydrogen) atoms. The van der Waals surface area contributed by atoms with Crippen LogP contribution in [-0.4, -0.2) is 17.8 Å². The molecular weight excluding hydrogens is 292 g/mol. The monoisotopic (exact) mass is 308 g/mol. The second kappa shape index (κ2) is 5.48. The number of barbiturate groups is 1. The van der Waals surface area contributed by atoms with Crippen molar-refractivity contribution >= 4 is 35.1 Å². The van der Waals surface area contributed by atoms with E-state index in [-0.39, 0.29) is 0 Å². The van der Waals surface area contributed by atoms with Crippen LogP contribution < -0.4 is 10.2 Å². The van der Waals surface area contributed by atoms with E-state index in [9.17, 15) is 14.4 Å². The van der Waals surface area contributed by atoms with Gasteiger partial charge in [0.2, 0.25) is 5.91 Å². The summed E-state index contributed by atoms with van der Waals surface area (Å²) in [5.41, 5.74) is -0.0648. The van der Waals surface area contributed by atoms with Gasteiger partial charge >= 0.3 is 6.03 Å². The van der Waals surface area contributed by atoms with E-state index in [4.69, 9.17) is 11.6 Å². The van der Waals surface area contributed by atoms with Crippen molar-refractivity contribution in [3.05, 3.63) is 28.8 Å². The number of halogens is 1. The lowest BCUT2D eigenvalue weighted by Crippen LogP contribution is -2.64. The van der Waals surface area contributed by atoms with Gasteiger partial charge in [-0.1, -0.05) is 31.5 Å². The van der Waals surface area contributed by atoms with Crippen molar-refractivity contribution in [1.82, 2.24) is 5.32 Å². The van der Waals surface area contributed by atoms with Gasteiger partial charge in [-0.15, -0.1) is 0 Å². The number of rotatable bonds is 3. The molecule has 1 aromatic rings. The van der Waals surface area contributed by atoms with Gasteiger partial charge in [0.25, 0.3) is 5.91 Å². The summed E-state index contributed by atoms with van der Waals surface area (Å²) in [7, 11) is 0. The third-order valence-electron chi connectivity index (χ3n) is 4.09. The zero-order valence-electron chi connectivity index (χ0n) is 12.2. The molecule has 1 fully saturated rings. The van der Waals surface area contributed by atoms with Gasteiger partial charge in [0.05, 0.1) is 5.69 Å². The molecule has 112 valence electrons. The summed E-state index contributed by atoms with van der Waals surface area (Å²) < 4.78 is 0. The molecule has 0 radical (unpaired) electrons. The van der Waals surface area contributed by atoms with Crippen molar-refractivity contribution in [2.24, 2.45) is 5.41 Å². The van der Waals surface area contributed by atoms with Crippen LogP contribution in [0.25, 0.3) is 0 Å². The van der Waals surface area contributed by atoms with Crippen molar-refractivity contribution in [3.63, 3.8) is 0 Å². The van der Waals surface area contributed by atoms with Crippen molar-refractivity contribution in [2.45, 2.75) is 33.6 Å². The van der Waals surface area contributed by atoms with Crippen molar-refractivity contribution in [1.29, 1.82) is 0 Å². The minimum Gasteiger partial charge on any atom is -0.276 e. The smallest absolute Gasteiger partial charge is 0.276 e. The maximum Gasteiger partial charge on any atom is 0.335 e. The summed E-state index contributed by atoms with van der Waals surface area (Å²) in [6.45, 7) is 5.31. The zero-order valence-corrected chi connectivity index (χ0v) is 13.0. The number of hydrogen-bond acceptors (Lipinski definition) is 3. The molecule has 1 aromatic carbocycles. The first-order chi connectivity index (χ1) is 9.87. The molecule has 6 heteroatoms. The molecule has 4 amide bonds. The van der Waals surface area contributed by atoms with Gasteiger partial charge in [-0.25, -0.2) is 9.69 Å². The molecule has 1 aliphatic rings. The maximum absolute atomic E-state index is 12.8. The molecule has 0 bridgehead atoms. The molecule has 1 saturated heterocycles. The maximum atomic E-state index is 12.8. The van der Waals surface area contributed by atoms with Gasteiger partial charge < -0.3 is 0 Å². The van der Waals surface area contributed by atoms with E-state index in [1.54, 1.807) is 39.0 Å². The lowest BCUT2D eigenvalue weighted by atomic mass is 9.78. The van der Waals surface area contributed by atoms with Gasteiger partial charge in [-0.3, -0.25) is 14.9 Å². The number of amides is 4. The quantitative estimate of drug-likeness (QED) is 0.873. The van der Waals surface area contributed by atoms with Crippen molar-refractivity contribution in [3.8, 4) is 0 Å². The minimum absolute atomic E-state index is 0.331. The Hall–Kier alpha value is -1.88. The molecule has 0 atom stereocenters. The van der Waals surface area contributed by atoms with E-state index in [2.05, 4.69) is 5.32 Å². The van der Waals surface area contributed by atoms with E-state index >= 15 is 0 Å². The van der Waals surface area contributed by atoms with E-state index in [1.807, 2.05) is 0 Å². The van der Waals surface area contributed by atoms with Crippen LogP contribution in [0.1, 0.15) is 32.3 Å². The van der Waals surface area contributed by atoms with Crippen molar-refractivity contribution < 1.29 is 14.4 Å². The molecule has 0 unspecified atom stereocenters. The Morgan fingerprint density at radius 2 is 1.81 bits per heavy atom. The molecule has 0 aromatic heterocycles. The van der Waals surface area contributed by atoms with Crippen LogP contribution in [0, 0.1) is 12.3 Å². The third kappa shape index (κ3) is 2.31. The van der Waals surface area contributed by atoms with E-state index in [0.717, 1.165) is 10.5 Å². The molecule has 5 nitrogen and oxygen atoms in total. The second-order valence-electron chi connectivity index (χ2n) is 5.12. The summed E-state index contributed by atoms with van der Waals surface area (Å²) in [6.07, 6.45) is 0.662. The first-order valence-corrected chi connectivity index (χ1v) is 7.21. The summed E-state index contributed by atoms with van der Waals surface area (Å²) in [5.74, 6) is -1.02. The SMILES string of the molecule is CCC1(CC)C(=O)NC(=O)N(c2cc(Cl)ccc2C)C1=O. The Bertz CT molecular complexity index is 623. The van der Waals surface area contributed by atoms with Gasteiger partial charge in [-0.2, -0.15) is 0 Å². The van der Waals surface area contributed by atoms with Gasteiger partial charge in [0.1, 0.15) is 5.41 Å². The third-order valence-corrected chi connectivity index (χ3v) is 4.32. The fourth-order valence-corrected chi connectivity index (χ4v) is 2.76. The summed E-state index contributed by atoms with van der Waals surface area (Å²) in [5, 5.41) is 2.70. The molecule has 0 saturated carbocycles. The summed E-state index contributed by atoms with van der Waals surface area (Å²) in [6, 6.07) is 4.24. The molecule has 1 aliphatic heterocycles. The molecule has 1 heterocycles. The number of imide groups is 2. The Labute approximate surface area is 128 Å². The van der Waals surface area contributed by atoms with E-state index in [0.29, 0.717) is 23.6 Å². The number of nitrogens with one attached hydrogen (secondary N) is 1. The van der Waals surface area contributed by atoms with E-state index in [1.165, 1.54) is 0 Å². The zero-order chi connectivity index (χ0) is 15.8. The number of benzene rings is 1. The van der Waals surface area contributed by atoms with Crippen LogP contribution in [0.15, 0.2) is 18.2 Å². The average Bonchev–Trinajstić information content (AvgIpc) is 2.44. The second-order valence-corrected chi connectivity index (χ2v) is 5.56. The Kier molecular flexibility index (Phi) is 4.05. The largest absolute Gasteiger partial charge is 0.335 e. The lowest BCUT2D eigenvalue weighted by molar-refractivity contribution is -0.143. The number of anilines is 1. The Balaban J connectivity index is 2.57. The Morgan fingerprint density at radius 3 is 2.38 bits per heavy atom. The van der Waals surface area contributed by atoms with Crippen LogP contribution in [0.2, 0.25) is 5.02 Å². The van der Waals surface area contributed by atoms with Crippen LogP contribution in [0.5, 0.6) is 0 Å². The predicted octanol–water partition coefficient (Wildman–Crippen LogP) is 3.04. The van der Waals surface area contributed by atoms with Crippen LogP contribution in [0.4, 0.5) is 10.5 Å². The van der Waals surface area contributed by atoms with Gasteiger partial charge in [0.15, 0.2) is 0 Å². The molecule has 0 spiro atoms. The summed E-state index contributed by atoms with van der Waals surface area (Å²) in [4.78, 5) is 38.1.